The number of benzene rings is 1. The Balaban J connectivity index is 1.95. The van der Waals surface area contributed by atoms with Crippen molar-refractivity contribution in [2.45, 2.75) is 31.5 Å². The molecular weight excluding hydrogens is 310 g/mol. The minimum atomic E-state index is -0.929. The van der Waals surface area contributed by atoms with Gasteiger partial charge in [0.15, 0.2) is 5.78 Å². The van der Waals surface area contributed by atoms with Crippen molar-refractivity contribution in [3.8, 4) is 0 Å². The van der Waals surface area contributed by atoms with Crippen LogP contribution in [0.25, 0.3) is 0 Å². The zero-order valence-corrected chi connectivity index (χ0v) is 13.8. The van der Waals surface area contributed by atoms with Crippen LogP contribution < -0.4 is 0 Å². The highest BCUT2D eigenvalue weighted by Gasteiger charge is 2.57. The summed E-state index contributed by atoms with van der Waals surface area (Å²) in [5, 5.41) is 0. The fourth-order valence-electron chi connectivity index (χ4n) is 4.04. The van der Waals surface area contributed by atoms with Crippen molar-refractivity contribution in [1.29, 1.82) is 0 Å². The lowest BCUT2D eigenvalue weighted by Crippen LogP contribution is -2.58. The van der Waals surface area contributed by atoms with Crippen LogP contribution in [0, 0.1) is 11.8 Å². The Morgan fingerprint density at radius 1 is 1.00 bits per heavy atom. The molecule has 0 N–H and O–H groups in total. The molecule has 2 saturated heterocycles. The number of ketones is 1. The van der Waals surface area contributed by atoms with E-state index in [1.165, 1.54) is 14.2 Å². The molecule has 2 bridgehead atoms. The fraction of sp³-hybridized carbons (Fsp3) is 0.500. The normalized spacial score (nSPS) is 29.3. The molecule has 1 aromatic carbocycles. The molecule has 0 spiro atoms. The molecule has 24 heavy (non-hydrogen) atoms. The standard InChI is InChI=1S/C18H21NO5/c1-23-17(21)14-12-8-9-13(15(16(14)20)18(22)24-2)19(12)10-11-6-4-3-5-7-11/h3-7,12-15H,8-10H2,1-2H3/t12-,13+,14?,15?. The lowest BCUT2D eigenvalue weighted by atomic mass is 9.81. The Kier molecular flexibility index (Phi) is 4.66. The molecule has 0 saturated carbocycles. The second kappa shape index (κ2) is 6.73. The summed E-state index contributed by atoms with van der Waals surface area (Å²) in [4.78, 5) is 39.2. The summed E-state index contributed by atoms with van der Waals surface area (Å²) in [7, 11) is 2.54. The summed E-state index contributed by atoms with van der Waals surface area (Å²) in [5.41, 5.74) is 1.08. The second-order valence-electron chi connectivity index (χ2n) is 6.27. The third-order valence-electron chi connectivity index (χ3n) is 5.11. The summed E-state index contributed by atoms with van der Waals surface area (Å²) in [6.07, 6.45) is 1.38. The number of fused-ring (bicyclic) bond motifs is 2. The van der Waals surface area contributed by atoms with Crippen molar-refractivity contribution < 1.29 is 23.9 Å². The highest BCUT2D eigenvalue weighted by atomic mass is 16.5. The molecule has 1 aromatic rings. The molecule has 128 valence electrons. The van der Waals surface area contributed by atoms with Gasteiger partial charge in [-0.2, -0.15) is 0 Å². The van der Waals surface area contributed by atoms with E-state index in [-0.39, 0.29) is 17.9 Å². The lowest BCUT2D eigenvalue weighted by Gasteiger charge is -2.41. The molecule has 2 fully saturated rings. The number of methoxy groups -OCH3 is 2. The monoisotopic (exact) mass is 331 g/mol. The Labute approximate surface area is 140 Å². The van der Waals surface area contributed by atoms with Gasteiger partial charge in [0.05, 0.1) is 14.2 Å². The van der Waals surface area contributed by atoms with Gasteiger partial charge >= 0.3 is 11.9 Å². The van der Waals surface area contributed by atoms with Gasteiger partial charge in [0.25, 0.3) is 0 Å². The molecule has 2 aliphatic rings. The number of esters is 2. The molecular formula is C18H21NO5. The van der Waals surface area contributed by atoms with Crippen LogP contribution in [0.2, 0.25) is 0 Å². The van der Waals surface area contributed by atoms with E-state index in [0.717, 1.165) is 5.56 Å². The minimum Gasteiger partial charge on any atom is -0.468 e. The zero-order chi connectivity index (χ0) is 17.3. The van der Waals surface area contributed by atoms with E-state index < -0.39 is 23.8 Å². The lowest BCUT2D eigenvalue weighted by molar-refractivity contribution is -0.164. The molecule has 2 heterocycles. The summed E-state index contributed by atoms with van der Waals surface area (Å²) >= 11 is 0. The van der Waals surface area contributed by atoms with Gasteiger partial charge in [0.1, 0.15) is 11.8 Å². The maximum atomic E-state index is 12.8. The number of carbonyl (C=O) groups is 3. The van der Waals surface area contributed by atoms with Gasteiger partial charge in [-0.25, -0.2) is 0 Å². The van der Waals surface area contributed by atoms with Crippen molar-refractivity contribution in [3.63, 3.8) is 0 Å². The summed E-state index contributed by atoms with van der Waals surface area (Å²) in [6.45, 7) is 0.588. The van der Waals surface area contributed by atoms with Gasteiger partial charge in [-0.05, 0) is 18.4 Å². The molecule has 0 amide bonds. The third-order valence-corrected chi connectivity index (χ3v) is 5.11. The molecule has 0 aliphatic carbocycles. The van der Waals surface area contributed by atoms with Crippen LogP contribution in [0.4, 0.5) is 0 Å². The number of ether oxygens (including phenoxy) is 2. The van der Waals surface area contributed by atoms with Crippen LogP contribution >= 0.6 is 0 Å². The Morgan fingerprint density at radius 3 is 1.96 bits per heavy atom. The first-order chi connectivity index (χ1) is 11.6. The first kappa shape index (κ1) is 16.6. The number of nitrogens with zero attached hydrogens (tertiary/aromatic N) is 1. The van der Waals surface area contributed by atoms with E-state index in [2.05, 4.69) is 4.90 Å². The van der Waals surface area contributed by atoms with E-state index in [0.29, 0.717) is 19.4 Å². The largest absolute Gasteiger partial charge is 0.468 e. The van der Waals surface area contributed by atoms with Crippen LogP contribution in [0.1, 0.15) is 18.4 Å². The first-order valence-electron chi connectivity index (χ1n) is 8.07. The van der Waals surface area contributed by atoms with Crippen LogP contribution in [0.15, 0.2) is 30.3 Å². The zero-order valence-electron chi connectivity index (χ0n) is 13.8. The molecule has 6 nitrogen and oxygen atoms in total. The molecule has 3 rings (SSSR count). The fourth-order valence-corrected chi connectivity index (χ4v) is 4.04. The number of piperidine rings is 1. The van der Waals surface area contributed by atoms with E-state index >= 15 is 0 Å². The van der Waals surface area contributed by atoms with Crippen molar-refractivity contribution in [2.24, 2.45) is 11.8 Å². The van der Waals surface area contributed by atoms with Crippen molar-refractivity contribution in [1.82, 2.24) is 4.90 Å². The van der Waals surface area contributed by atoms with E-state index in [1.807, 2.05) is 30.3 Å². The molecule has 6 heteroatoms. The number of hydrogen-bond acceptors (Lipinski definition) is 6. The van der Waals surface area contributed by atoms with Gasteiger partial charge in [0.2, 0.25) is 0 Å². The van der Waals surface area contributed by atoms with E-state index in [1.54, 1.807) is 0 Å². The first-order valence-corrected chi connectivity index (χ1v) is 8.07. The Morgan fingerprint density at radius 2 is 1.50 bits per heavy atom. The van der Waals surface area contributed by atoms with E-state index in [4.69, 9.17) is 9.47 Å². The van der Waals surface area contributed by atoms with Gasteiger partial charge in [-0.15, -0.1) is 0 Å². The number of Topliss-reactive ketones (excluding diaryl/α,β-unsaturated/α-hetero) is 1. The predicted molar refractivity (Wildman–Crippen MR) is 84.8 cm³/mol. The summed E-state index contributed by atoms with van der Waals surface area (Å²) < 4.78 is 9.66. The van der Waals surface area contributed by atoms with E-state index in [9.17, 15) is 14.4 Å². The maximum absolute atomic E-state index is 12.8. The predicted octanol–water partition coefficient (Wildman–Crippen LogP) is 1.18. The SMILES string of the molecule is COC(=O)C1C(=O)C(C(=O)OC)[C@@H]2CC[C@H]1N2Cc1ccccc1. The number of rotatable bonds is 4. The topological polar surface area (TPSA) is 72.9 Å². The minimum absolute atomic E-state index is 0.226. The summed E-state index contributed by atoms with van der Waals surface area (Å²) in [5.74, 6) is -3.37. The van der Waals surface area contributed by atoms with Gasteiger partial charge in [0, 0.05) is 18.6 Å². The maximum Gasteiger partial charge on any atom is 0.317 e. The molecule has 2 unspecified atom stereocenters. The van der Waals surface area contributed by atoms with Gasteiger partial charge < -0.3 is 9.47 Å². The second-order valence-corrected chi connectivity index (χ2v) is 6.27. The molecule has 4 atom stereocenters. The number of hydrogen-bond donors (Lipinski definition) is 0. The van der Waals surface area contributed by atoms with Crippen molar-refractivity contribution in [2.75, 3.05) is 14.2 Å². The molecule has 0 radical (unpaired) electrons. The smallest absolute Gasteiger partial charge is 0.317 e. The van der Waals surface area contributed by atoms with Gasteiger partial charge in [-0.1, -0.05) is 30.3 Å². The quantitative estimate of drug-likeness (QED) is 0.609. The van der Waals surface area contributed by atoms with Crippen LogP contribution in [0.5, 0.6) is 0 Å². The highest BCUT2D eigenvalue weighted by Crippen LogP contribution is 2.42. The Bertz CT molecular complexity index is 610. The average Bonchev–Trinajstić information content (AvgIpc) is 2.91. The van der Waals surface area contributed by atoms with Crippen molar-refractivity contribution in [3.05, 3.63) is 35.9 Å². The van der Waals surface area contributed by atoms with Crippen LogP contribution in [-0.2, 0) is 30.4 Å². The van der Waals surface area contributed by atoms with Crippen LogP contribution in [-0.4, -0.2) is 48.9 Å². The molecule has 2 aliphatic heterocycles. The molecule has 0 aromatic heterocycles. The Hall–Kier alpha value is -2.21. The van der Waals surface area contributed by atoms with Crippen molar-refractivity contribution >= 4 is 17.7 Å². The van der Waals surface area contributed by atoms with Crippen LogP contribution in [0.3, 0.4) is 0 Å². The average molecular weight is 331 g/mol. The third kappa shape index (κ3) is 2.71. The highest BCUT2D eigenvalue weighted by molar-refractivity contribution is 6.10. The summed E-state index contributed by atoms with van der Waals surface area (Å²) in [6, 6.07) is 9.37. The number of carbonyl (C=O) groups excluding carboxylic acids is 3. The van der Waals surface area contributed by atoms with Gasteiger partial charge in [-0.3, -0.25) is 19.3 Å².